The predicted octanol–water partition coefficient (Wildman–Crippen LogP) is 3.78. The molecule has 0 saturated heterocycles. The second-order valence-electron chi connectivity index (χ2n) is 6.01. The van der Waals surface area contributed by atoms with Crippen LogP contribution in [0.15, 0.2) is 28.7 Å². The summed E-state index contributed by atoms with van der Waals surface area (Å²) in [6, 6.07) is 7.97. The number of hydrogen-bond acceptors (Lipinski definition) is 2. The van der Waals surface area contributed by atoms with E-state index in [1.807, 2.05) is 31.2 Å². The van der Waals surface area contributed by atoms with Gasteiger partial charge in [0.15, 0.2) is 0 Å². The highest BCUT2D eigenvalue weighted by Gasteiger charge is 2.19. The average Bonchev–Trinajstić information content (AvgIpc) is 2.37. The summed E-state index contributed by atoms with van der Waals surface area (Å²) in [7, 11) is 0. The van der Waals surface area contributed by atoms with Gasteiger partial charge in [-0.2, -0.15) is 0 Å². The highest BCUT2D eigenvalue weighted by Crippen LogP contribution is 2.26. The summed E-state index contributed by atoms with van der Waals surface area (Å²) >= 11 is 3.51. The molecule has 112 valence electrons. The van der Waals surface area contributed by atoms with Gasteiger partial charge in [-0.3, -0.25) is 4.79 Å². The van der Waals surface area contributed by atoms with E-state index < -0.39 is 0 Å². The molecule has 0 radical (unpaired) electrons. The molecule has 0 aliphatic rings. The molecular formula is C16H25BrN2O. The van der Waals surface area contributed by atoms with E-state index in [9.17, 15) is 4.79 Å². The Kier molecular flexibility index (Phi) is 6.69. The third kappa shape index (κ3) is 5.63. The molecular weight excluding hydrogens is 316 g/mol. The Balaban J connectivity index is 2.49. The first-order valence-corrected chi connectivity index (χ1v) is 7.89. The Hall–Kier alpha value is -0.870. The second-order valence-corrected chi connectivity index (χ2v) is 6.87. The molecule has 0 heterocycles. The Bertz CT molecular complexity index is 446. The van der Waals surface area contributed by atoms with Crippen molar-refractivity contribution in [2.24, 2.45) is 11.1 Å². The molecule has 0 saturated carbocycles. The van der Waals surface area contributed by atoms with E-state index in [4.69, 9.17) is 5.73 Å². The number of carbonyl (C=O) groups is 1. The molecule has 0 bridgehead atoms. The van der Waals surface area contributed by atoms with Gasteiger partial charge < -0.3 is 11.1 Å². The largest absolute Gasteiger partial charge is 0.350 e. The van der Waals surface area contributed by atoms with Crippen LogP contribution in [0, 0.1) is 5.41 Å². The molecule has 3 N–H and O–H groups in total. The second kappa shape index (κ2) is 7.79. The molecule has 1 aromatic rings. The van der Waals surface area contributed by atoms with Crippen LogP contribution in [0.4, 0.5) is 0 Å². The topological polar surface area (TPSA) is 55.1 Å². The van der Waals surface area contributed by atoms with Crippen molar-refractivity contribution in [2.75, 3.05) is 6.54 Å². The lowest BCUT2D eigenvalue weighted by Gasteiger charge is -2.24. The van der Waals surface area contributed by atoms with E-state index in [1.54, 1.807) is 0 Å². The van der Waals surface area contributed by atoms with Crippen LogP contribution >= 0.6 is 15.9 Å². The minimum atomic E-state index is 0.00990. The van der Waals surface area contributed by atoms with Gasteiger partial charge >= 0.3 is 0 Å². The van der Waals surface area contributed by atoms with Crippen LogP contribution in [0.25, 0.3) is 0 Å². The Morgan fingerprint density at radius 2 is 2.00 bits per heavy atom. The summed E-state index contributed by atoms with van der Waals surface area (Å²) in [5.74, 6) is 0.0957. The van der Waals surface area contributed by atoms with Crippen molar-refractivity contribution < 1.29 is 4.79 Å². The zero-order chi connectivity index (χ0) is 15.2. The van der Waals surface area contributed by atoms with Crippen molar-refractivity contribution in [3.63, 3.8) is 0 Å². The van der Waals surface area contributed by atoms with Crippen molar-refractivity contribution in [1.82, 2.24) is 5.32 Å². The molecule has 4 heteroatoms. The van der Waals surface area contributed by atoms with Crippen LogP contribution < -0.4 is 11.1 Å². The van der Waals surface area contributed by atoms with Gasteiger partial charge in [0.1, 0.15) is 0 Å². The van der Waals surface area contributed by atoms with Gasteiger partial charge in [0.25, 0.3) is 0 Å². The number of halogens is 1. The highest BCUT2D eigenvalue weighted by atomic mass is 79.9. The van der Waals surface area contributed by atoms with Crippen molar-refractivity contribution in [2.45, 2.75) is 46.1 Å². The molecule has 0 aliphatic heterocycles. The van der Waals surface area contributed by atoms with E-state index in [0.717, 1.165) is 22.9 Å². The quantitative estimate of drug-likeness (QED) is 0.793. The van der Waals surface area contributed by atoms with Gasteiger partial charge in [-0.05, 0) is 43.4 Å². The third-order valence-electron chi connectivity index (χ3n) is 3.60. The SMILES string of the molecule is CC(NC(=O)CCC(C)(C)CCN)c1ccccc1Br. The van der Waals surface area contributed by atoms with Crippen LogP contribution in [-0.2, 0) is 4.79 Å². The average molecular weight is 341 g/mol. The van der Waals surface area contributed by atoms with E-state index in [-0.39, 0.29) is 17.4 Å². The normalized spacial score (nSPS) is 13.1. The standard InChI is InChI=1S/C16H25BrN2O/c1-12(13-6-4-5-7-14(13)17)19-15(20)8-9-16(2,3)10-11-18/h4-7,12H,8-11,18H2,1-3H3,(H,19,20). The van der Waals surface area contributed by atoms with Crippen LogP contribution in [0.3, 0.4) is 0 Å². The smallest absolute Gasteiger partial charge is 0.220 e. The molecule has 0 spiro atoms. The van der Waals surface area contributed by atoms with Gasteiger partial charge in [-0.1, -0.05) is 48.0 Å². The number of hydrogen-bond donors (Lipinski definition) is 2. The summed E-state index contributed by atoms with van der Waals surface area (Å²) in [6.07, 6.45) is 2.35. The van der Waals surface area contributed by atoms with Crippen LogP contribution in [0.2, 0.25) is 0 Å². The first-order chi connectivity index (χ1) is 9.35. The van der Waals surface area contributed by atoms with E-state index >= 15 is 0 Å². The number of nitrogens with one attached hydrogen (secondary N) is 1. The predicted molar refractivity (Wildman–Crippen MR) is 87.4 cm³/mol. The summed E-state index contributed by atoms with van der Waals surface area (Å²) in [4.78, 5) is 12.0. The van der Waals surface area contributed by atoms with Gasteiger partial charge in [-0.25, -0.2) is 0 Å². The minimum Gasteiger partial charge on any atom is -0.350 e. The Labute approximate surface area is 130 Å². The number of rotatable bonds is 7. The molecule has 1 unspecified atom stereocenters. The van der Waals surface area contributed by atoms with E-state index in [1.165, 1.54) is 0 Å². The highest BCUT2D eigenvalue weighted by molar-refractivity contribution is 9.10. The lowest BCUT2D eigenvalue weighted by molar-refractivity contribution is -0.122. The fourth-order valence-electron chi connectivity index (χ4n) is 2.19. The molecule has 1 aromatic carbocycles. The molecule has 3 nitrogen and oxygen atoms in total. The number of nitrogens with two attached hydrogens (primary N) is 1. The summed E-state index contributed by atoms with van der Waals surface area (Å²) in [5, 5.41) is 3.05. The molecule has 1 atom stereocenters. The van der Waals surface area contributed by atoms with Crippen molar-refractivity contribution >= 4 is 21.8 Å². The zero-order valence-corrected chi connectivity index (χ0v) is 14.2. The van der Waals surface area contributed by atoms with E-state index in [0.29, 0.717) is 13.0 Å². The monoisotopic (exact) mass is 340 g/mol. The number of amides is 1. The van der Waals surface area contributed by atoms with Crippen LogP contribution in [0.1, 0.15) is 51.6 Å². The third-order valence-corrected chi connectivity index (χ3v) is 4.32. The molecule has 0 aromatic heterocycles. The molecule has 1 amide bonds. The molecule has 20 heavy (non-hydrogen) atoms. The Morgan fingerprint density at radius 3 is 2.60 bits per heavy atom. The summed E-state index contributed by atoms with van der Waals surface area (Å²) in [5.41, 5.74) is 6.82. The zero-order valence-electron chi connectivity index (χ0n) is 12.6. The fraction of sp³-hybridized carbons (Fsp3) is 0.562. The van der Waals surface area contributed by atoms with Gasteiger partial charge in [-0.15, -0.1) is 0 Å². The first kappa shape index (κ1) is 17.2. The van der Waals surface area contributed by atoms with Gasteiger partial charge in [0.2, 0.25) is 5.91 Å². The fourth-order valence-corrected chi connectivity index (χ4v) is 2.81. The summed E-state index contributed by atoms with van der Waals surface area (Å²) in [6.45, 7) is 6.99. The van der Waals surface area contributed by atoms with Crippen LogP contribution in [0.5, 0.6) is 0 Å². The summed E-state index contributed by atoms with van der Waals surface area (Å²) < 4.78 is 1.02. The molecule has 0 aliphatic carbocycles. The van der Waals surface area contributed by atoms with Crippen molar-refractivity contribution in [3.05, 3.63) is 34.3 Å². The number of carbonyl (C=O) groups excluding carboxylic acids is 1. The van der Waals surface area contributed by atoms with Crippen molar-refractivity contribution in [1.29, 1.82) is 0 Å². The first-order valence-electron chi connectivity index (χ1n) is 7.09. The van der Waals surface area contributed by atoms with Gasteiger partial charge in [0, 0.05) is 10.9 Å². The van der Waals surface area contributed by atoms with Crippen molar-refractivity contribution in [3.8, 4) is 0 Å². The maximum Gasteiger partial charge on any atom is 0.220 e. The molecule has 0 fully saturated rings. The minimum absolute atomic E-state index is 0.00990. The van der Waals surface area contributed by atoms with E-state index in [2.05, 4.69) is 35.1 Å². The molecule has 1 rings (SSSR count). The maximum atomic E-state index is 12.0. The lowest BCUT2D eigenvalue weighted by atomic mass is 9.84. The maximum absolute atomic E-state index is 12.0. The van der Waals surface area contributed by atoms with Crippen LogP contribution in [-0.4, -0.2) is 12.5 Å². The Morgan fingerprint density at radius 1 is 1.35 bits per heavy atom. The lowest BCUT2D eigenvalue weighted by Crippen LogP contribution is -2.28. The van der Waals surface area contributed by atoms with Gasteiger partial charge in [0.05, 0.1) is 6.04 Å². The number of benzene rings is 1.